The first-order valence-corrected chi connectivity index (χ1v) is 7.00. The lowest BCUT2D eigenvalue weighted by molar-refractivity contribution is 1.30. The molecule has 0 spiro atoms. The number of halogens is 2. The number of imidazole rings is 1. The molecule has 0 aliphatic carbocycles. The topological polar surface area (TPSA) is 93.6 Å². The Morgan fingerprint density at radius 1 is 1.05 bits per heavy atom. The van der Waals surface area contributed by atoms with E-state index in [-0.39, 0.29) is 0 Å². The molecule has 0 amide bonds. The van der Waals surface area contributed by atoms with Gasteiger partial charge in [-0.25, -0.2) is 9.97 Å². The van der Waals surface area contributed by atoms with Gasteiger partial charge < -0.3 is 16.5 Å². The van der Waals surface area contributed by atoms with Gasteiger partial charge in [0.2, 0.25) is 0 Å². The molecule has 2 aromatic heterocycles. The Labute approximate surface area is 125 Å². The number of hydrogen-bond acceptors (Lipinski definition) is 4. The second-order valence-corrected chi connectivity index (χ2v) is 5.81. The van der Waals surface area contributed by atoms with Crippen molar-refractivity contribution in [3.63, 3.8) is 0 Å². The molecule has 1 aromatic carbocycles. The van der Waals surface area contributed by atoms with Crippen LogP contribution in [0.3, 0.4) is 0 Å². The van der Waals surface area contributed by atoms with Crippen LogP contribution in [0.4, 0.5) is 11.5 Å². The zero-order valence-corrected chi connectivity index (χ0v) is 12.8. The summed E-state index contributed by atoms with van der Waals surface area (Å²) < 4.78 is 1.72. The Morgan fingerprint density at radius 3 is 2.63 bits per heavy atom. The highest BCUT2D eigenvalue weighted by Gasteiger charge is 2.12. The molecule has 0 saturated heterocycles. The van der Waals surface area contributed by atoms with E-state index < -0.39 is 0 Å². The number of hydrogen-bond donors (Lipinski definition) is 3. The van der Waals surface area contributed by atoms with Crippen molar-refractivity contribution in [3.8, 4) is 11.4 Å². The fourth-order valence-electron chi connectivity index (χ4n) is 1.82. The van der Waals surface area contributed by atoms with Crippen LogP contribution in [0, 0.1) is 0 Å². The molecule has 5 nitrogen and oxygen atoms in total. The number of aromatic amines is 1. The SMILES string of the molecule is Nc1ccc2[nH]c(-c3cc(Br)cc(Br)c3N)nc2n1. The normalized spacial score (nSPS) is 11.1. The molecule has 2 heterocycles. The third-order valence-corrected chi connectivity index (χ3v) is 3.83. The van der Waals surface area contributed by atoms with Gasteiger partial charge in [-0.3, -0.25) is 0 Å². The van der Waals surface area contributed by atoms with Crippen LogP contribution >= 0.6 is 31.9 Å². The molecule has 19 heavy (non-hydrogen) atoms. The predicted octanol–water partition coefficient (Wildman–Crippen LogP) is 3.31. The van der Waals surface area contributed by atoms with Crippen molar-refractivity contribution in [2.45, 2.75) is 0 Å². The third kappa shape index (κ3) is 2.19. The zero-order valence-electron chi connectivity index (χ0n) is 9.61. The summed E-state index contributed by atoms with van der Waals surface area (Å²) in [7, 11) is 0. The fourth-order valence-corrected chi connectivity index (χ4v) is 3.04. The summed E-state index contributed by atoms with van der Waals surface area (Å²) in [6, 6.07) is 7.36. The van der Waals surface area contributed by atoms with Crippen LogP contribution in [0.15, 0.2) is 33.2 Å². The molecule has 7 heteroatoms. The van der Waals surface area contributed by atoms with Gasteiger partial charge in [0.25, 0.3) is 0 Å². The fraction of sp³-hybridized carbons (Fsp3) is 0. The van der Waals surface area contributed by atoms with E-state index >= 15 is 0 Å². The van der Waals surface area contributed by atoms with E-state index in [9.17, 15) is 0 Å². The van der Waals surface area contributed by atoms with Crippen LogP contribution in [0.25, 0.3) is 22.6 Å². The summed E-state index contributed by atoms with van der Waals surface area (Å²) in [5, 5.41) is 0. The van der Waals surface area contributed by atoms with E-state index in [0.29, 0.717) is 23.0 Å². The number of benzene rings is 1. The quantitative estimate of drug-likeness (QED) is 0.562. The molecule has 0 atom stereocenters. The minimum absolute atomic E-state index is 0.439. The van der Waals surface area contributed by atoms with Crippen LogP contribution in [-0.4, -0.2) is 15.0 Å². The summed E-state index contributed by atoms with van der Waals surface area (Å²) in [6.07, 6.45) is 0. The highest BCUT2D eigenvalue weighted by molar-refractivity contribution is 9.11. The van der Waals surface area contributed by atoms with Gasteiger partial charge >= 0.3 is 0 Å². The van der Waals surface area contributed by atoms with Crippen LogP contribution in [0.2, 0.25) is 0 Å². The molecule has 0 fully saturated rings. The number of aromatic nitrogens is 3. The summed E-state index contributed by atoms with van der Waals surface area (Å²) in [5.41, 5.74) is 14.5. The molecule has 0 aliphatic rings. The molecule has 5 N–H and O–H groups in total. The predicted molar refractivity (Wildman–Crippen MR) is 83.5 cm³/mol. The average Bonchev–Trinajstić information content (AvgIpc) is 2.76. The molecule has 96 valence electrons. The van der Waals surface area contributed by atoms with Crippen LogP contribution in [0.5, 0.6) is 0 Å². The Bertz CT molecular complexity index is 781. The van der Waals surface area contributed by atoms with Gasteiger partial charge in [-0.1, -0.05) is 15.9 Å². The van der Waals surface area contributed by atoms with E-state index in [2.05, 4.69) is 46.8 Å². The smallest absolute Gasteiger partial charge is 0.180 e. The number of fused-ring (bicyclic) bond motifs is 1. The second kappa shape index (κ2) is 4.50. The molecule has 0 bridgehead atoms. The van der Waals surface area contributed by atoms with Crippen molar-refractivity contribution in [2.24, 2.45) is 0 Å². The van der Waals surface area contributed by atoms with Gasteiger partial charge in [-0.05, 0) is 40.2 Å². The Hall–Kier alpha value is -1.60. The molecular formula is C12H9Br2N5. The Kier molecular flexibility index (Phi) is 2.94. The van der Waals surface area contributed by atoms with Crippen molar-refractivity contribution in [1.29, 1.82) is 0 Å². The monoisotopic (exact) mass is 381 g/mol. The van der Waals surface area contributed by atoms with Crippen molar-refractivity contribution in [3.05, 3.63) is 33.2 Å². The maximum atomic E-state index is 6.06. The first kappa shape index (κ1) is 12.4. The number of rotatable bonds is 1. The number of nitrogens with one attached hydrogen (secondary N) is 1. The summed E-state index contributed by atoms with van der Waals surface area (Å²) in [5.74, 6) is 1.10. The van der Waals surface area contributed by atoms with E-state index in [0.717, 1.165) is 20.0 Å². The molecule has 3 aromatic rings. The molecule has 0 radical (unpaired) electrons. The first-order chi connectivity index (χ1) is 9.04. The van der Waals surface area contributed by atoms with Crippen molar-refractivity contribution in [1.82, 2.24) is 15.0 Å². The lowest BCUT2D eigenvalue weighted by atomic mass is 10.2. The minimum atomic E-state index is 0.439. The standard InChI is InChI=1S/C12H9Br2N5/c13-5-3-6(10(16)7(14)4-5)11-17-8-1-2-9(15)18-12(8)19-11/h1-4H,16H2,(H3,15,17,18,19). The number of nitrogen functional groups attached to an aromatic ring is 2. The van der Waals surface area contributed by atoms with Gasteiger partial charge in [0.05, 0.1) is 11.2 Å². The van der Waals surface area contributed by atoms with Gasteiger partial charge in [0.15, 0.2) is 5.65 Å². The summed E-state index contributed by atoms with van der Waals surface area (Å²) in [6.45, 7) is 0. The Balaban J connectivity index is 2.24. The van der Waals surface area contributed by atoms with E-state index in [1.807, 2.05) is 18.2 Å². The second-order valence-electron chi connectivity index (χ2n) is 4.04. The van der Waals surface area contributed by atoms with Crippen LogP contribution in [0.1, 0.15) is 0 Å². The number of nitrogens with two attached hydrogens (primary N) is 2. The number of nitrogens with zero attached hydrogens (tertiary/aromatic N) is 2. The Morgan fingerprint density at radius 2 is 1.84 bits per heavy atom. The molecule has 0 aliphatic heterocycles. The largest absolute Gasteiger partial charge is 0.397 e. The molecule has 0 saturated carbocycles. The maximum absolute atomic E-state index is 6.06. The number of pyridine rings is 1. The van der Waals surface area contributed by atoms with Crippen molar-refractivity contribution >= 4 is 54.5 Å². The van der Waals surface area contributed by atoms with Crippen LogP contribution in [-0.2, 0) is 0 Å². The summed E-state index contributed by atoms with van der Waals surface area (Å²) >= 11 is 6.85. The van der Waals surface area contributed by atoms with Crippen molar-refractivity contribution in [2.75, 3.05) is 11.5 Å². The lowest BCUT2D eigenvalue weighted by Gasteiger charge is -2.05. The number of H-pyrrole nitrogens is 1. The highest BCUT2D eigenvalue weighted by Crippen LogP contribution is 2.34. The van der Waals surface area contributed by atoms with Crippen molar-refractivity contribution < 1.29 is 0 Å². The van der Waals surface area contributed by atoms with Gasteiger partial charge in [0, 0.05) is 14.5 Å². The minimum Gasteiger partial charge on any atom is -0.397 e. The van der Waals surface area contributed by atoms with E-state index in [4.69, 9.17) is 11.5 Å². The zero-order chi connectivity index (χ0) is 13.6. The van der Waals surface area contributed by atoms with Gasteiger partial charge in [-0.15, -0.1) is 0 Å². The maximum Gasteiger partial charge on any atom is 0.180 e. The summed E-state index contributed by atoms with van der Waals surface area (Å²) in [4.78, 5) is 11.8. The molecular weight excluding hydrogens is 374 g/mol. The van der Waals surface area contributed by atoms with Gasteiger partial charge in [-0.2, -0.15) is 0 Å². The molecule has 0 unspecified atom stereocenters. The number of anilines is 2. The van der Waals surface area contributed by atoms with E-state index in [1.54, 1.807) is 6.07 Å². The van der Waals surface area contributed by atoms with Crippen LogP contribution < -0.4 is 11.5 Å². The van der Waals surface area contributed by atoms with Gasteiger partial charge in [0.1, 0.15) is 11.6 Å². The molecule has 3 rings (SSSR count). The third-order valence-electron chi connectivity index (χ3n) is 2.72. The average molecular weight is 383 g/mol. The lowest BCUT2D eigenvalue weighted by Crippen LogP contribution is -1.93. The van der Waals surface area contributed by atoms with E-state index in [1.165, 1.54) is 0 Å². The first-order valence-electron chi connectivity index (χ1n) is 5.42. The highest BCUT2D eigenvalue weighted by atomic mass is 79.9.